The lowest BCUT2D eigenvalue weighted by molar-refractivity contribution is -0.129. The summed E-state index contributed by atoms with van der Waals surface area (Å²) in [7, 11) is 0. The van der Waals surface area contributed by atoms with E-state index < -0.39 is 0 Å². The maximum absolute atomic E-state index is 12.3. The molecular formula is C18H24N6O2. The van der Waals surface area contributed by atoms with Crippen LogP contribution in [0.15, 0.2) is 24.5 Å². The molecule has 26 heavy (non-hydrogen) atoms. The normalized spacial score (nSPS) is 16.9. The van der Waals surface area contributed by atoms with Gasteiger partial charge in [-0.25, -0.2) is 4.98 Å². The molecule has 1 N–H and O–H groups in total. The minimum atomic E-state index is -0.278. The Morgan fingerprint density at radius 2 is 2.08 bits per heavy atom. The van der Waals surface area contributed by atoms with Gasteiger partial charge in [0.25, 0.3) is 0 Å². The van der Waals surface area contributed by atoms with Crippen LogP contribution in [-0.2, 0) is 22.7 Å². The van der Waals surface area contributed by atoms with Crippen LogP contribution in [0, 0.1) is 19.8 Å². The summed E-state index contributed by atoms with van der Waals surface area (Å²) in [4.78, 5) is 34.5. The molecule has 0 radical (unpaired) electrons. The second kappa shape index (κ2) is 8.07. The van der Waals surface area contributed by atoms with Crippen LogP contribution in [-0.4, -0.2) is 49.6 Å². The fourth-order valence-corrected chi connectivity index (χ4v) is 3.17. The molecule has 0 aliphatic carbocycles. The van der Waals surface area contributed by atoms with Crippen molar-refractivity contribution >= 4 is 11.8 Å². The van der Waals surface area contributed by atoms with Crippen molar-refractivity contribution in [2.75, 3.05) is 13.1 Å². The van der Waals surface area contributed by atoms with Crippen LogP contribution >= 0.6 is 0 Å². The van der Waals surface area contributed by atoms with Crippen LogP contribution in [0.25, 0.3) is 0 Å². The Bertz CT molecular complexity index is 773. The third-order valence-corrected chi connectivity index (χ3v) is 4.52. The van der Waals surface area contributed by atoms with Gasteiger partial charge in [-0.1, -0.05) is 0 Å². The maximum Gasteiger partial charge on any atom is 0.225 e. The number of pyridine rings is 1. The molecule has 0 bridgehead atoms. The number of rotatable bonds is 7. The molecule has 1 saturated heterocycles. The summed E-state index contributed by atoms with van der Waals surface area (Å²) in [5, 5.41) is 7.24. The Kier molecular flexibility index (Phi) is 5.60. The van der Waals surface area contributed by atoms with Crippen molar-refractivity contribution in [1.82, 2.24) is 30.0 Å². The summed E-state index contributed by atoms with van der Waals surface area (Å²) in [5.41, 5.74) is 1.02. The summed E-state index contributed by atoms with van der Waals surface area (Å²) < 4.78 is 1.84. The number of hydrogen-bond donors (Lipinski definition) is 1. The van der Waals surface area contributed by atoms with E-state index in [2.05, 4.69) is 20.4 Å². The molecule has 8 heteroatoms. The average molecular weight is 356 g/mol. The third kappa shape index (κ3) is 4.44. The van der Waals surface area contributed by atoms with Crippen molar-refractivity contribution < 1.29 is 9.59 Å². The molecular weight excluding hydrogens is 332 g/mol. The zero-order chi connectivity index (χ0) is 18.5. The van der Waals surface area contributed by atoms with E-state index in [1.165, 1.54) is 0 Å². The fourth-order valence-electron chi connectivity index (χ4n) is 3.17. The Balaban J connectivity index is 1.42. The summed E-state index contributed by atoms with van der Waals surface area (Å²) in [6, 6.07) is 3.77. The Morgan fingerprint density at radius 3 is 2.77 bits per heavy atom. The van der Waals surface area contributed by atoms with Crippen molar-refractivity contribution in [2.45, 2.75) is 39.8 Å². The van der Waals surface area contributed by atoms with Crippen molar-refractivity contribution in [1.29, 1.82) is 0 Å². The third-order valence-electron chi connectivity index (χ3n) is 4.52. The lowest BCUT2D eigenvalue weighted by atomic mass is 10.1. The number of aromatic nitrogens is 4. The van der Waals surface area contributed by atoms with Gasteiger partial charge >= 0.3 is 0 Å². The molecule has 8 nitrogen and oxygen atoms in total. The van der Waals surface area contributed by atoms with Crippen molar-refractivity contribution in [2.24, 2.45) is 5.92 Å². The van der Waals surface area contributed by atoms with E-state index in [-0.39, 0.29) is 24.2 Å². The molecule has 2 aromatic heterocycles. The monoisotopic (exact) mass is 356 g/mol. The van der Waals surface area contributed by atoms with E-state index in [1.54, 1.807) is 17.3 Å². The number of nitrogens with one attached hydrogen (secondary N) is 1. The van der Waals surface area contributed by atoms with Crippen molar-refractivity contribution in [3.63, 3.8) is 0 Å². The predicted molar refractivity (Wildman–Crippen MR) is 94.9 cm³/mol. The quantitative estimate of drug-likeness (QED) is 0.742. The second-order valence-electron chi connectivity index (χ2n) is 6.60. The second-order valence-corrected chi connectivity index (χ2v) is 6.60. The van der Waals surface area contributed by atoms with Gasteiger partial charge in [0.1, 0.15) is 11.6 Å². The van der Waals surface area contributed by atoms with Crippen LogP contribution < -0.4 is 5.32 Å². The maximum atomic E-state index is 12.3. The van der Waals surface area contributed by atoms with E-state index in [4.69, 9.17) is 0 Å². The minimum Gasteiger partial charge on any atom is -0.356 e. The van der Waals surface area contributed by atoms with Gasteiger partial charge in [0, 0.05) is 45.0 Å². The van der Waals surface area contributed by atoms with Gasteiger partial charge < -0.3 is 10.2 Å². The highest BCUT2D eigenvalue weighted by Crippen LogP contribution is 2.20. The minimum absolute atomic E-state index is 0.0238. The summed E-state index contributed by atoms with van der Waals surface area (Å²) >= 11 is 0. The lowest BCUT2D eigenvalue weighted by Gasteiger charge is -2.16. The Hall–Kier alpha value is -2.77. The summed E-state index contributed by atoms with van der Waals surface area (Å²) in [6.45, 7) is 6.04. The molecule has 0 aromatic carbocycles. The zero-order valence-corrected chi connectivity index (χ0v) is 15.2. The number of nitrogens with zero attached hydrogens (tertiary/aromatic N) is 5. The van der Waals surface area contributed by atoms with Gasteiger partial charge in [0.2, 0.25) is 11.8 Å². The predicted octanol–water partition coefficient (Wildman–Crippen LogP) is 0.845. The Labute approximate surface area is 152 Å². The van der Waals surface area contributed by atoms with Gasteiger partial charge in [-0.2, -0.15) is 5.10 Å². The molecule has 2 aromatic rings. The van der Waals surface area contributed by atoms with E-state index in [0.717, 1.165) is 23.6 Å². The molecule has 138 valence electrons. The molecule has 1 aliphatic heterocycles. The van der Waals surface area contributed by atoms with Crippen LogP contribution in [0.3, 0.4) is 0 Å². The van der Waals surface area contributed by atoms with Gasteiger partial charge in [-0.05, 0) is 38.0 Å². The summed E-state index contributed by atoms with van der Waals surface area (Å²) in [5.74, 6) is 1.32. The van der Waals surface area contributed by atoms with Crippen LogP contribution in [0.1, 0.15) is 30.1 Å². The van der Waals surface area contributed by atoms with E-state index in [9.17, 15) is 9.59 Å². The van der Waals surface area contributed by atoms with Crippen LogP contribution in [0.5, 0.6) is 0 Å². The average Bonchev–Trinajstić information content (AvgIpc) is 3.14. The molecule has 0 spiro atoms. The molecule has 2 amide bonds. The first-order valence-electron chi connectivity index (χ1n) is 8.85. The van der Waals surface area contributed by atoms with Crippen LogP contribution in [0.2, 0.25) is 0 Å². The van der Waals surface area contributed by atoms with E-state index in [1.807, 2.05) is 30.7 Å². The van der Waals surface area contributed by atoms with E-state index >= 15 is 0 Å². The highest BCUT2D eigenvalue weighted by atomic mass is 16.2. The highest BCUT2D eigenvalue weighted by Gasteiger charge is 2.33. The number of likely N-dealkylation sites (tertiary alicyclic amines) is 1. The molecule has 1 aliphatic rings. The van der Waals surface area contributed by atoms with Crippen molar-refractivity contribution in [3.05, 3.63) is 41.7 Å². The first-order chi connectivity index (χ1) is 12.5. The van der Waals surface area contributed by atoms with E-state index in [0.29, 0.717) is 26.2 Å². The molecule has 0 saturated carbocycles. The number of amides is 2. The van der Waals surface area contributed by atoms with Gasteiger partial charge in [-0.3, -0.25) is 19.3 Å². The van der Waals surface area contributed by atoms with Crippen LogP contribution in [0.4, 0.5) is 0 Å². The fraction of sp³-hybridized carbons (Fsp3) is 0.500. The molecule has 0 unspecified atom stereocenters. The first kappa shape index (κ1) is 18.0. The van der Waals surface area contributed by atoms with Crippen molar-refractivity contribution in [3.8, 4) is 0 Å². The lowest BCUT2D eigenvalue weighted by Crippen LogP contribution is -2.33. The molecule has 3 rings (SSSR count). The molecule has 1 fully saturated rings. The highest BCUT2D eigenvalue weighted by molar-refractivity contribution is 5.89. The molecule has 3 heterocycles. The number of hydrogen-bond acceptors (Lipinski definition) is 5. The standard InChI is InChI=1S/C18H24N6O2/c1-13-21-14(2)24(22-13)9-3-6-20-18(26)16-10-17(25)23(12-16)11-15-4-7-19-8-5-15/h4-5,7-8,16H,3,6,9-12H2,1-2H3,(H,20,26)/t16-/m0/s1. The smallest absolute Gasteiger partial charge is 0.225 e. The first-order valence-corrected chi connectivity index (χ1v) is 8.85. The molecule has 1 atom stereocenters. The topological polar surface area (TPSA) is 93.0 Å². The van der Waals surface area contributed by atoms with Gasteiger partial charge in [0.15, 0.2) is 0 Å². The Morgan fingerprint density at radius 1 is 1.31 bits per heavy atom. The van der Waals surface area contributed by atoms with Gasteiger partial charge in [-0.15, -0.1) is 0 Å². The number of aryl methyl sites for hydroxylation is 3. The largest absolute Gasteiger partial charge is 0.356 e. The SMILES string of the molecule is Cc1nc(C)n(CCCNC(=O)[C@H]2CC(=O)N(Cc3ccncc3)C2)n1. The zero-order valence-electron chi connectivity index (χ0n) is 15.2. The van der Waals surface area contributed by atoms with Gasteiger partial charge in [0.05, 0.1) is 5.92 Å². The summed E-state index contributed by atoms with van der Waals surface area (Å²) in [6.07, 6.45) is 4.46. The number of carbonyl (C=O) groups excluding carboxylic acids is 2. The number of carbonyl (C=O) groups is 2.